The van der Waals surface area contributed by atoms with E-state index >= 15 is 0 Å². The molecule has 8 heteroatoms. The topological polar surface area (TPSA) is 111 Å². The van der Waals surface area contributed by atoms with Crippen molar-refractivity contribution < 1.29 is 9.90 Å². The summed E-state index contributed by atoms with van der Waals surface area (Å²) in [7, 11) is 0. The summed E-state index contributed by atoms with van der Waals surface area (Å²) >= 11 is 1.93. The third-order valence-corrected chi connectivity index (χ3v) is 4.67. The number of benzene rings is 2. The first-order valence-corrected chi connectivity index (χ1v) is 9.49. The van der Waals surface area contributed by atoms with Gasteiger partial charge in [0.15, 0.2) is 0 Å². The first-order valence-electron chi connectivity index (χ1n) is 8.41. The van der Waals surface area contributed by atoms with Gasteiger partial charge in [0.05, 0.1) is 11.3 Å². The van der Waals surface area contributed by atoms with E-state index in [0.717, 1.165) is 5.69 Å². The van der Waals surface area contributed by atoms with Crippen LogP contribution in [-0.4, -0.2) is 16.0 Å². The molecule has 0 radical (unpaired) electrons. The molecule has 3 aromatic rings. The number of phenolic OH excluding ortho intramolecular Hbond substituents is 1. The van der Waals surface area contributed by atoms with Crippen molar-refractivity contribution in [2.24, 2.45) is 5.11 Å². The van der Waals surface area contributed by atoms with Gasteiger partial charge in [0.25, 0.3) is 5.91 Å². The molecule has 1 heterocycles. The standard InChI is InChI=1S/C21H14IN5O2/c1-13-4-2-6-15(24-13)9-8-14-5-3-7-16(10-14)25-21(29)17-11-18(22)19(26-27-23)12-20(17)28/h2-7,10-12,28H,1H3,(H,25,29). The van der Waals surface area contributed by atoms with E-state index in [0.29, 0.717) is 20.5 Å². The predicted molar refractivity (Wildman–Crippen MR) is 119 cm³/mol. The van der Waals surface area contributed by atoms with Crippen LogP contribution in [0.1, 0.15) is 27.3 Å². The smallest absolute Gasteiger partial charge is 0.259 e. The SMILES string of the molecule is Cc1cccc(C#Cc2cccc(NC(=O)c3cc(I)c(N=[N+]=[N-])cc3O)c2)n1. The highest BCUT2D eigenvalue weighted by Crippen LogP contribution is 2.30. The number of hydrogen-bond acceptors (Lipinski definition) is 4. The Morgan fingerprint density at radius 1 is 1.21 bits per heavy atom. The van der Waals surface area contributed by atoms with Gasteiger partial charge >= 0.3 is 0 Å². The number of rotatable bonds is 3. The second-order valence-electron chi connectivity index (χ2n) is 5.96. The quantitative estimate of drug-likeness (QED) is 0.169. The first-order chi connectivity index (χ1) is 14.0. The van der Waals surface area contributed by atoms with E-state index in [9.17, 15) is 9.90 Å². The molecule has 0 aliphatic rings. The number of carbonyl (C=O) groups is 1. The third-order valence-electron chi connectivity index (χ3n) is 3.81. The number of anilines is 1. The van der Waals surface area contributed by atoms with Crippen LogP contribution >= 0.6 is 22.6 Å². The van der Waals surface area contributed by atoms with Gasteiger partial charge in [0.2, 0.25) is 0 Å². The van der Waals surface area contributed by atoms with Crippen molar-refractivity contribution in [3.05, 3.63) is 91.1 Å². The molecule has 1 aromatic heterocycles. The summed E-state index contributed by atoms with van der Waals surface area (Å²) in [5.41, 5.74) is 11.7. The van der Waals surface area contributed by atoms with Gasteiger partial charge in [0.1, 0.15) is 11.4 Å². The summed E-state index contributed by atoms with van der Waals surface area (Å²) in [6.07, 6.45) is 0. The molecule has 0 aliphatic heterocycles. The molecular formula is C21H14IN5O2. The Bertz CT molecular complexity index is 1210. The monoisotopic (exact) mass is 495 g/mol. The van der Waals surface area contributed by atoms with Crippen LogP contribution in [0.3, 0.4) is 0 Å². The van der Waals surface area contributed by atoms with E-state index in [1.165, 1.54) is 12.1 Å². The van der Waals surface area contributed by atoms with Gasteiger partial charge in [-0.2, -0.15) is 0 Å². The molecule has 0 saturated heterocycles. The van der Waals surface area contributed by atoms with E-state index in [2.05, 4.69) is 32.2 Å². The maximum Gasteiger partial charge on any atom is 0.259 e. The molecule has 0 unspecified atom stereocenters. The average Bonchev–Trinajstić information content (AvgIpc) is 2.69. The highest BCUT2D eigenvalue weighted by Gasteiger charge is 2.14. The molecule has 0 bridgehead atoms. The maximum atomic E-state index is 12.6. The van der Waals surface area contributed by atoms with Crippen LogP contribution in [0.15, 0.2) is 59.7 Å². The molecule has 142 valence electrons. The number of hydrogen-bond donors (Lipinski definition) is 2. The van der Waals surface area contributed by atoms with Crippen molar-refractivity contribution >= 4 is 39.9 Å². The molecule has 2 N–H and O–H groups in total. The molecule has 2 aromatic carbocycles. The summed E-state index contributed by atoms with van der Waals surface area (Å²) in [6.45, 7) is 1.90. The van der Waals surface area contributed by atoms with Gasteiger partial charge in [-0.3, -0.25) is 4.79 Å². The Kier molecular flexibility index (Phi) is 6.34. The summed E-state index contributed by atoms with van der Waals surface area (Å²) in [5.74, 6) is 5.26. The first kappa shape index (κ1) is 20.2. The lowest BCUT2D eigenvalue weighted by molar-refractivity contribution is 0.102. The molecule has 1 amide bonds. The van der Waals surface area contributed by atoms with Gasteiger partial charge in [-0.25, -0.2) is 4.98 Å². The number of phenols is 1. The van der Waals surface area contributed by atoms with Gasteiger partial charge in [-0.15, -0.1) is 0 Å². The number of aromatic hydroxyl groups is 1. The molecule has 0 aliphatic carbocycles. The molecule has 3 rings (SSSR count). The van der Waals surface area contributed by atoms with Crippen molar-refractivity contribution in [1.29, 1.82) is 0 Å². The Balaban J connectivity index is 1.81. The van der Waals surface area contributed by atoms with Crippen LogP contribution in [0.25, 0.3) is 10.4 Å². The number of carbonyl (C=O) groups excluding carboxylic acids is 1. The van der Waals surface area contributed by atoms with Crippen LogP contribution in [-0.2, 0) is 0 Å². The Labute approximate surface area is 180 Å². The van der Waals surface area contributed by atoms with E-state index < -0.39 is 5.91 Å². The molecule has 0 fully saturated rings. The molecule has 0 saturated carbocycles. The molecule has 29 heavy (non-hydrogen) atoms. The predicted octanol–water partition coefficient (Wildman–Crippen LogP) is 5.29. The molecule has 0 atom stereocenters. The lowest BCUT2D eigenvalue weighted by Crippen LogP contribution is -2.12. The van der Waals surface area contributed by atoms with Crippen LogP contribution in [0.5, 0.6) is 5.75 Å². The van der Waals surface area contributed by atoms with Gasteiger partial charge in [0, 0.05) is 25.4 Å². The van der Waals surface area contributed by atoms with E-state index in [4.69, 9.17) is 5.53 Å². The Morgan fingerprint density at radius 3 is 2.76 bits per heavy atom. The Hall–Kier alpha value is -3.54. The lowest BCUT2D eigenvalue weighted by Gasteiger charge is -2.09. The van der Waals surface area contributed by atoms with Crippen LogP contribution in [0.4, 0.5) is 11.4 Å². The summed E-state index contributed by atoms with van der Waals surface area (Å²) in [4.78, 5) is 19.6. The average molecular weight is 495 g/mol. The molecule has 7 nitrogen and oxygen atoms in total. The van der Waals surface area contributed by atoms with E-state index in [-0.39, 0.29) is 17.0 Å². The zero-order valence-corrected chi connectivity index (χ0v) is 17.4. The number of nitrogens with zero attached hydrogens (tertiary/aromatic N) is 4. The molecular weight excluding hydrogens is 481 g/mol. The molecule has 0 spiro atoms. The van der Waals surface area contributed by atoms with Gasteiger partial charge < -0.3 is 10.4 Å². The number of aromatic nitrogens is 1. The third kappa shape index (κ3) is 5.25. The largest absolute Gasteiger partial charge is 0.507 e. The zero-order chi connectivity index (χ0) is 20.8. The lowest BCUT2D eigenvalue weighted by atomic mass is 10.1. The van der Waals surface area contributed by atoms with Crippen molar-refractivity contribution in [2.75, 3.05) is 5.32 Å². The minimum atomic E-state index is -0.488. The second-order valence-corrected chi connectivity index (χ2v) is 7.12. The zero-order valence-electron chi connectivity index (χ0n) is 15.2. The van der Waals surface area contributed by atoms with Crippen LogP contribution in [0, 0.1) is 22.3 Å². The van der Waals surface area contributed by atoms with Gasteiger partial charge in [-0.05, 0) is 83.4 Å². The Morgan fingerprint density at radius 2 is 2.00 bits per heavy atom. The number of azide groups is 1. The minimum absolute atomic E-state index is 0.0757. The fourth-order valence-corrected chi connectivity index (χ4v) is 3.05. The summed E-state index contributed by atoms with van der Waals surface area (Å²) < 4.78 is 0.550. The van der Waals surface area contributed by atoms with Crippen molar-refractivity contribution in [2.45, 2.75) is 6.92 Å². The summed E-state index contributed by atoms with van der Waals surface area (Å²) in [5, 5.41) is 16.3. The maximum absolute atomic E-state index is 12.6. The second kappa shape index (κ2) is 9.10. The van der Waals surface area contributed by atoms with E-state index in [1.807, 2.05) is 53.8 Å². The number of nitrogens with one attached hydrogen (secondary N) is 1. The van der Waals surface area contributed by atoms with Crippen molar-refractivity contribution in [3.63, 3.8) is 0 Å². The number of halogens is 1. The van der Waals surface area contributed by atoms with Gasteiger partial charge in [-0.1, -0.05) is 23.2 Å². The fraction of sp³-hybridized carbons (Fsp3) is 0.0476. The highest BCUT2D eigenvalue weighted by molar-refractivity contribution is 14.1. The number of aryl methyl sites for hydroxylation is 1. The van der Waals surface area contributed by atoms with Crippen molar-refractivity contribution in [3.8, 4) is 17.6 Å². The van der Waals surface area contributed by atoms with Crippen molar-refractivity contribution in [1.82, 2.24) is 4.98 Å². The van der Waals surface area contributed by atoms with Crippen LogP contribution < -0.4 is 5.32 Å². The van der Waals surface area contributed by atoms with E-state index in [1.54, 1.807) is 18.2 Å². The number of amides is 1. The highest BCUT2D eigenvalue weighted by atomic mass is 127. The fourth-order valence-electron chi connectivity index (χ4n) is 2.48. The number of pyridine rings is 1. The normalized spacial score (nSPS) is 9.72. The van der Waals surface area contributed by atoms with Crippen LogP contribution in [0.2, 0.25) is 0 Å². The minimum Gasteiger partial charge on any atom is -0.507 e. The summed E-state index contributed by atoms with van der Waals surface area (Å²) in [6, 6.07) is 15.4.